The molecule has 0 spiro atoms. The molecule has 1 unspecified atom stereocenters. The van der Waals surface area contributed by atoms with Gasteiger partial charge < -0.3 is 19.1 Å². The predicted molar refractivity (Wildman–Crippen MR) is 131 cm³/mol. The van der Waals surface area contributed by atoms with Gasteiger partial charge in [0.1, 0.15) is 5.60 Å². The summed E-state index contributed by atoms with van der Waals surface area (Å²) >= 11 is 0. The zero-order valence-electron chi connectivity index (χ0n) is 21.9. The van der Waals surface area contributed by atoms with Crippen molar-refractivity contribution in [3.63, 3.8) is 0 Å². The van der Waals surface area contributed by atoms with Crippen LogP contribution in [0.3, 0.4) is 0 Å². The molecule has 2 saturated heterocycles. The second-order valence-electron chi connectivity index (χ2n) is 10.9. The van der Waals surface area contributed by atoms with Gasteiger partial charge in [-0.15, -0.1) is 0 Å². The van der Waals surface area contributed by atoms with Crippen LogP contribution in [0.25, 0.3) is 0 Å². The first kappa shape index (κ1) is 28.1. The van der Waals surface area contributed by atoms with E-state index in [4.69, 9.17) is 14.2 Å². The molecule has 2 aliphatic heterocycles. The Morgan fingerprint density at radius 1 is 1.00 bits per heavy atom. The molecule has 0 N–H and O–H groups in total. The van der Waals surface area contributed by atoms with Crippen LogP contribution in [0.5, 0.6) is 0 Å². The number of piperazine rings is 1. The Morgan fingerprint density at radius 2 is 1.63 bits per heavy atom. The van der Waals surface area contributed by atoms with E-state index in [2.05, 4.69) is 4.90 Å². The Kier molecular flexibility index (Phi) is 9.45. The second kappa shape index (κ2) is 11.7. The Bertz CT molecular complexity index is 829. The maximum atomic E-state index is 13.0. The quantitative estimate of drug-likeness (QED) is 0.473. The molecule has 11 heteroatoms. The fourth-order valence-electron chi connectivity index (χ4n) is 5.23. The summed E-state index contributed by atoms with van der Waals surface area (Å²) in [5.74, 6) is -0.161. The van der Waals surface area contributed by atoms with E-state index in [9.17, 15) is 18.0 Å². The molecular formula is C24H43N3O7S. The first-order chi connectivity index (χ1) is 16.4. The van der Waals surface area contributed by atoms with Gasteiger partial charge in [0.05, 0.1) is 37.5 Å². The minimum absolute atomic E-state index is 0.0467. The molecule has 0 radical (unpaired) electrons. The van der Waals surface area contributed by atoms with E-state index in [1.807, 2.05) is 27.7 Å². The number of amides is 1. The van der Waals surface area contributed by atoms with Crippen LogP contribution in [-0.2, 0) is 29.0 Å². The summed E-state index contributed by atoms with van der Waals surface area (Å²) in [5.41, 5.74) is -0.590. The number of likely N-dealkylation sites (tertiary alicyclic amines) is 1. The van der Waals surface area contributed by atoms with Crippen LogP contribution >= 0.6 is 0 Å². The van der Waals surface area contributed by atoms with E-state index in [0.717, 1.165) is 32.1 Å². The van der Waals surface area contributed by atoms with E-state index >= 15 is 0 Å². The van der Waals surface area contributed by atoms with Crippen molar-refractivity contribution in [2.24, 2.45) is 5.92 Å². The number of nitrogens with zero attached hydrogens (tertiary/aromatic N) is 3. The van der Waals surface area contributed by atoms with Gasteiger partial charge in [0.2, 0.25) is 10.0 Å². The third kappa shape index (κ3) is 8.03. The lowest BCUT2D eigenvalue weighted by Crippen LogP contribution is -2.52. The van der Waals surface area contributed by atoms with Gasteiger partial charge in [0.25, 0.3) is 0 Å². The van der Waals surface area contributed by atoms with Crippen molar-refractivity contribution in [1.29, 1.82) is 0 Å². The number of sulfonamides is 1. The number of hydrogen-bond acceptors (Lipinski definition) is 8. The summed E-state index contributed by atoms with van der Waals surface area (Å²) in [6.07, 6.45) is 4.87. The largest absolute Gasteiger partial charge is 0.466 e. The van der Waals surface area contributed by atoms with Gasteiger partial charge >= 0.3 is 12.1 Å². The van der Waals surface area contributed by atoms with Crippen molar-refractivity contribution in [3.05, 3.63) is 0 Å². The first-order valence-corrected chi connectivity index (χ1v) is 14.7. The molecule has 1 aliphatic carbocycles. The lowest BCUT2D eigenvalue weighted by molar-refractivity contribution is -0.150. The van der Waals surface area contributed by atoms with Crippen molar-refractivity contribution in [2.75, 3.05) is 52.2 Å². The minimum atomic E-state index is -3.19. The fraction of sp³-hybridized carbons (Fsp3) is 0.917. The van der Waals surface area contributed by atoms with Gasteiger partial charge in [-0.2, -0.15) is 4.31 Å². The molecule has 2 heterocycles. The van der Waals surface area contributed by atoms with E-state index in [1.54, 1.807) is 4.90 Å². The Hall–Kier alpha value is -1.43. The van der Waals surface area contributed by atoms with E-state index in [-0.39, 0.29) is 36.2 Å². The number of esters is 1. The molecule has 0 aromatic carbocycles. The third-order valence-electron chi connectivity index (χ3n) is 7.10. The molecule has 1 saturated carbocycles. The molecule has 1 amide bonds. The van der Waals surface area contributed by atoms with E-state index in [0.29, 0.717) is 45.9 Å². The Morgan fingerprint density at radius 3 is 2.17 bits per heavy atom. The van der Waals surface area contributed by atoms with Gasteiger partial charge in [-0.1, -0.05) is 0 Å². The Labute approximate surface area is 210 Å². The molecule has 3 rings (SSSR count). The van der Waals surface area contributed by atoms with E-state index in [1.165, 1.54) is 10.6 Å². The second-order valence-corrected chi connectivity index (χ2v) is 12.9. The molecule has 0 aromatic heterocycles. The molecule has 35 heavy (non-hydrogen) atoms. The summed E-state index contributed by atoms with van der Waals surface area (Å²) in [6.45, 7) is 11.0. The standard InChI is InChI=1S/C24H43N3O7S/c1-6-32-22(28)18-7-9-21(10-8-18)33-17-20-15-19(16-27(20)23(29)34-24(2,3)4)25-11-13-26(14-12-25)35(5,30)31/h18-21H,6-17H2,1-5H3/t18?,19?,20-,21?/m0/s1. The summed E-state index contributed by atoms with van der Waals surface area (Å²) in [5, 5.41) is 0. The maximum absolute atomic E-state index is 13.0. The molecule has 0 aromatic rings. The van der Waals surface area contributed by atoms with Crippen LogP contribution in [0.4, 0.5) is 4.79 Å². The van der Waals surface area contributed by atoms with Crippen LogP contribution in [-0.4, -0.2) is 111 Å². The lowest BCUT2D eigenvalue weighted by Gasteiger charge is -2.36. The summed E-state index contributed by atoms with van der Waals surface area (Å²) in [4.78, 5) is 29.1. The molecule has 10 nitrogen and oxygen atoms in total. The van der Waals surface area contributed by atoms with Crippen LogP contribution in [0.2, 0.25) is 0 Å². The molecule has 2 atom stereocenters. The summed E-state index contributed by atoms with van der Waals surface area (Å²) in [7, 11) is -3.19. The highest BCUT2D eigenvalue weighted by Crippen LogP contribution is 2.30. The first-order valence-electron chi connectivity index (χ1n) is 12.8. The monoisotopic (exact) mass is 517 g/mol. The average Bonchev–Trinajstić information content (AvgIpc) is 3.21. The van der Waals surface area contributed by atoms with Crippen LogP contribution < -0.4 is 0 Å². The van der Waals surface area contributed by atoms with Crippen molar-refractivity contribution < 1.29 is 32.2 Å². The molecule has 3 fully saturated rings. The Balaban J connectivity index is 1.57. The number of carbonyl (C=O) groups is 2. The normalized spacial score (nSPS) is 29.2. The molecule has 3 aliphatic rings. The van der Waals surface area contributed by atoms with Crippen LogP contribution in [0.15, 0.2) is 0 Å². The van der Waals surface area contributed by atoms with Crippen molar-refractivity contribution in [3.8, 4) is 0 Å². The van der Waals surface area contributed by atoms with Gasteiger partial charge in [-0.05, 0) is 59.8 Å². The topological polar surface area (TPSA) is 106 Å². The lowest BCUT2D eigenvalue weighted by atomic mass is 9.87. The molecule has 0 bridgehead atoms. The third-order valence-corrected chi connectivity index (χ3v) is 8.40. The van der Waals surface area contributed by atoms with Gasteiger partial charge in [0, 0.05) is 38.8 Å². The summed E-state index contributed by atoms with van der Waals surface area (Å²) < 4.78 is 42.3. The highest BCUT2D eigenvalue weighted by Gasteiger charge is 2.41. The van der Waals surface area contributed by atoms with Crippen LogP contribution in [0.1, 0.15) is 59.8 Å². The van der Waals surface area contributed by atoms with Gasteiger partial charge in [-0.3, -0.25) is 9.69 Å². The van der Waals surface area contributed by atoms with Crippen molar-refractivity contribution >= 4 is 22.1 Å². The average molecular weight is 518 g/mol. The minimum Gasteiger partial charge on any atom is -0.466 e. The highest BCUT2D eigenvalue weighted by atomic mass is 32.2. The SMILES string of the molecule is CCOC(=O)C1CCC(OC[C@@H]2CC(N3CCN(S(C)(=O)=O)CC3)CN2C(=O)OC(C)(C)C)CC1. The smallest absolute Gasteiger partial charge is 0.410 e. The number of rotatable bonds is 7. The number of carbonyl (C=O) groups excluding carboxylic acids is 2. The highest BCUT2D eigenvalue weighted by molar-refractivity contribution is 7.88. The van der Waals surface area contributed by atoms with Gasteiger partial charge in [0.15, 0.2) is 0 Å². The van der Waals surface area contributed by atoms with Crippen LogP contribution in [0, 0.1) is 5.92 Å². The zero-order chi connectivity index (χ0) is 25.8. The number of hydrogen-bond donors (Lipinski definition) is 0. The fourth-order valence-corrected chi connectivity index (χ4v) is 6.06. The van der Waals surface area contributed by atoms with Gasteiger partial charge in [-0.25, -0.2) is 13.2 Å². The molecule has 202 valence electrons. The van der Waals surface area contributed by atoms with Crippen molar-refractivity contribution in [1.82, 2.24) is 14.1 Å². The number of ether oxygens (including phenoxy) is 3. The maximum Gasteiger partial charge on any atom is 0.410 e. The summed E-state index contributed by atoms with van der Waals surface area (Å²) in [6, 6.07) is 0.0305. The predicted octanol–water partition coefficient (Wildman–Crippen LogP) is 2.08. The van der Waals surface area contributed by atoms with Crippen molar-refractivity contribution in [2.45, 2.75) is 83.6 Å². The molecular weight excluding hydrogens is 474 g/mol. The zero-order valence-corrected chi connectivity index (χ0v) is 22.7. The van der Waals surface area contributed by atoms with E-state index < -0.39 is 15.6 Å².